The summed E-state index contributed by atoms with van der Waals surface area (Å²) in [7, 11) is 3.75. The molecule has 0 unspecified atom stereocenters. The number of hydrogen-bond acceptors (Lipinski definition) is 3. The van der Waals surface area contributed by atoms with E-state index in [9.17, 15) is 4.39 Å². The topological polar surface area (TPSA) is 40.1 Å². The zero-order valence-corrected chi connectivity index (χ0v) is 18.7. The lowest BCUT2D eigenvalue weighted by Gasteiger charge is -2.31. The highest BCUT2D eigenvalue weighted by Gasteiger charge is 2.15. The highest BCUT2D eigenvalue weighted by atomic mass is 127. The summed E-state index contributed by atoms with van der Waals surface area (Å²) < 4.78 is 18.6. The molecule has 7 heteroatoms. The maximum Gasteiger partial charge on any atom is 0.193 e. The number of rotatable bonds is 5. The van der Waals surface area contributed by atoms with Crippen molar-refractivity contribution in [2.75, 3.05) is 45.3 Å². The van der Waals surface area contributed by atoms with Gasteiger partial charge in [-0.15, -0.1) is 24.0 Å². The van der Waals surface area contributed by atoms with Crippen molar-refractivity contribution in [3.8, 4) is 0 Å². The van der Waals surface area contributed by atoms with E-state index in [-0.39, 0.29) is 29.8 Å². The Morgan fingerprint density at radius 1 is 1.14 bits per heavy atom. The van der Waals surface area contributed by atoms with Crippen molar-refractivity contribution in [2.45, 2.75) is 13.1 Å². The van der Waals surface area contributed by atoms with E-state index in [2.05, 4.69) is 39.5 Å². The van der Waals surface area contributed by atoms with Crippen LogP contribution < -0.4 is 10.2 Å². The Bertz CT molecular complexity index is 763. The van der Waals surface area contributed by atoms with Crippen LogP contribution in [0.2, 0.25) is 0 Å². The minimum absolute atomic E-state index is 0. The summed E-state index contributed by atoms with van der Waals surface area (Å²) in [4.78, 5) is 8.78. The molecule has 1 saturated heterocycles. The first kappa shape index (κ1) is 22.4. The molecule has 0 radical (unpaired) electrons. The van der Waals surface area contributed by atoms with Gasteiger partial charge in [-0.1, -0.05) is 30.3 Å². The van der Waals surface area contributed by atoms with Gasteiger partial charge in [0, 0.05) is 46.0 Å². The van der Waals surface area contributed by atoms with Gasteiger partial charge >= 0.3 is 0 Å². The van der Waals surface area contributed by atoms with Crippen molar-refractivity contribution < 1.29 is 9.13 Å². The lowest BCUT2D eigenvalue weighted by Crippen LogP contribution is -2.39. The Kier molecular flexibility index (Phi) is 8.98. The van der Waals surface area contributed by atoms with Gasteiger partial charge in [0.2, 0.25) is 0 Å². The molecule has 28 heavy (non-hydrogen) atoms. The molecule has 1 N–H and O–H groups in total. The highest BCUT2D eigenvalue weighted by molar-refractivity contribution is 14.0. The molecule has 1 fully saturated rings. The first-order valence-electron chi connectivity index (χ1n) is 9.24. The van der Waals surface area contributed by atoms with Gasteiger partial charge in [-0.05, 0) is 29.3 Å². The van der Waals surface area contributed by atoms with Crippen molar-refractivity contribution in [3.05, 3.63) is 65.5 Å². The van der Waals surface area contributed by atoms with Gasteiger partial charge in [0.05, 0.1) is 13.2 Å². The number of benzene rings is 2. The number of nitrogens with one attached hydrogen (secondary N) is 1. The van der Waals surface area contributed by atoms with Crippen molar-refractivity contribution >= 4 is 35.6 Å². The predicted molar refractivity (Wildman–Crippen MR) is 123 cm³/mol. The second-order valence-corrected chi connectivity index (χ2v) is 6.61. The van der Waals surface area contributed by atoms with Gasteiger partial charge in [-0.3, -0.25) is 4.99 Å². The smallest absolute Gasteiger partial charge is 0.193 e. The standard InChI is InChI=1S/C21H27FN4O.HI/c1-23-21(25(2)16-17-7-9-19(22)10-8-17)24-15-18-5-3-4-6-20(18)26-11-13-27-14-12-26;/h3-10H,11-16H2,1-2H3,(H,23,24);1H. The number of hydrogen-bond donors (Lipinski definition) is 1. The van der Waals surface area contributed by atoms with E-state index >= 15 is 0 Å². The fourth-order valence-electron chi connectivity index (χ4n) is 3.27. The summed E-state index contributed by atoms with van der Waals surface area (Å²) >= 11 is 0. The molecule has 1 aliphatic heterocycles. The molecule has 0 aromatic heterocycles. The second-order valence-electron chi connectivity index (χ2n) is 6.61. The van der Waals surface area contributed by atoms with Crippen molar-refractivity contribution in [1.29, 1.82) is 0 Å². The van der Waals surface area contributed by atoms with E-state index in [1.54, 1.807) is 19.2 Å². The molecule has 5 nitrogen and oxygen atoms in total. The van der Waals surface area contributed by atoms with Gasteiger partial charge < -0.3 is 19.9 Å². The second kappa shape index (κ2) is 11.2. The average Bonchev–Trinajstić information content (AvgIpc) is 2.71. The van der Waals surface area contributed by atoms with Crippen LogP contribution in [-0.2, 0) is 17.8 Å². The molecule has 0 atom stereocenters. The van der Waals surface area contributed by atoms with E-state index in [1.807, 2.05) is 11.9 Å². The molecule has 0 aliphatic carbocycles. The summed E-state index contributed by atoms with van der Waals surface area (Å²) in [5.74, 6) is 0.583. The van der Waals surface area contributed by atoms with Gasteiger partial charge in [-0.2, -0.15) is 0 Å². The molecule has 1 aliphatic rings. The number of anilines is 1. The molecule has 1 heterocycles. The summed E-state index contributed by atoms with van der Waals surface area (Å²) in [5.41, 5.74) is 3.51. The predicted octanol–water partition coefficient (Wildman–Crippen LogP) is 3.49. The van der Waals surface area contributed by atoms with E-state index in [0.717, 1.165) is 37.8 Å². The molecule has 2 aromatic carbocycles. The maximum absolute atomic E-state index is 13.1. The fourth-order valence-corrected chi connectivity index (χ4v) is 3.27. The zero-order chi connectivity index (χ0) is 19.1. The number of aliphatic imine (C=N–C) groups is 1. The third kappa shape index (κ3) is 6.07. The summed E-state index contributed by atoms with van der Waals surface area (Å²) in [6, 6.07) is 15.0. The monoisotopic (exact) mass is 498 g/mol. The van der Waals surface area contributed by atoms with Gasteiger partial charge in [0.25, 0.3) is 0 Å². The quantitative estimate of drug-likeness (QED) is 0.390. The fraction of sp³-hybridized carbons (Fsp3) is 0.381. The van der Waals surface area contributed by atoms with E-state index in [0.29, 0.717) is 13.1 Å². The number of para-hydroxylation sites is 1. The molecule has 152 valence electrons. The Morgan fingerprint density at radius 3 is 2.50 bits per heavy atom. The Morgan fingerprint density at radius 2 is 1.82 bits per heavy atom. The van der Waals surface area contributed by atoms with E-state index < -0.39 is 0 Å². The Hall–Kier alpha value is -1.87. The zero-order valence-electron chi connectivity index (χ0n) is 16.4. The molecular weight excluding hydrogens is 470 g/mol. The van der Waals surface area contributed by atoms with E-state index in [1.165, 1.54) is 23.4 Å². The first-order chi connectivity index (χ1) is 13.2. The Labute approximate surface area is 183 Å². The van der Waals surface area contributed by atoms with E-state index in [4.69, 9.17) is 4.74 Å². The number of nitrogens with zero attached hydrogens (tertiary/aromatic N) is 3. The van der Waals surface area contributed by atoms with Crippen molar-refractivity contribution in [3.63, 3.8) is 0 Å². The molecule has 2 aromatic rings. The average molecular weight is 498 g/mol. The summed E-state index contributed by atoms with van der Waals surface area (Å²) in [6.07, 6.45) is 0. The first-order valence-corrected chi connectivity index (χ1v) is 9.24. The molecule has 3 rings (SSSR count). The number of guanidine groups is 1. The van der Waals surface area contributed by atoms with Gasteiger partial charge in [-0.25, -0.2) is 4.39 Å². The molecule has 0 amide bonds. The molecule has 0 spiro atoms. The lowest BCUT2D eigenvalue weighted by atomic mass is 10.1. The van der Waals surface area contributed by atoms with Crippen molar-refractivity contribution in [2.24, 2.45) is 4.99 Å². The SMILES string of the molecule is CN=C(NCc1ccccc1N1CCOCC1)N(C)Cc1ccc(F)cc1.I. The van der Waals surface area contributed by atoms with Crippen LogP contribution in [0.5, 0.6) is 0 Å². The molecule has 0 bridgehead atoms. The van der Waals surface area contributed by atoms with Crippen LogP contribution in [-0.4, -0.2) is 51.3 Å². The Balaban J connectivity index is 0.00000280. The number of halogens is 2. The minimum atomic E-state index is -0.219. The highest BCUT2D eigenvalue weighted by Crippen LogP contribution is 2.21. The lowest BCUT2D eigenvalue weighted by molar-refractivity contribution is 0.122. The van der Waals surface area contributed by atoms with Gasteiger partial charge in [0.15, 0.2) is 5.96 Å². The van der Waals surface area contributed by atoms with Crippen LogP contribution in [0.15, 0.2) is 53.5 Å². The van der Waals surface area contributed by atoms with Crippen molar-refractivity contribution in [1.82, 2.24) is 10.2 Å². The summed E-state index contributed by atoms with van der Waals surface area (Å²) in [5, 5.41) is 3.44. The third-order valence-corrected chi connectivity index (χ3v) is 4.69. The van der Waals surface area contributed by atoms with Crippen LogP contribution in [0.1, 0.15) is 11.1 Å². The molecule has 0 saturated carbocycles. The third-order valence-electron chi connectivity index (χ3n) is 4.69. The number of morpholine rings is 1. The maximum atomic E-state index is 13.1. The van der Waals surface area contributed by atoms with Crippen LogP contribution in [0.3, 0.4) is 0 Å². The molecular formula is C21H28FIN4O. The largest absolute Gasteiger partial charge is 0.378 e. The number of ether oxygens (including phenoxy) is 1. The normalized spacial score (nSPS) is 14.4. The van der Waals surface area contributed by atoms with Crippen LogP contribution >= 0.6 is 24.0 Å². The van der Waals surface area contributed by atoms with Crippen LogP contribution in [0.4, 0.5) is 10.1 Å². The van der Waals surface area contributed by atoms with Crippen LogP contribution in [0.25, 0.3) is 0 Å². The van der Waals surface area contributed by atoms with Gasteiger partial charge in [0.1, 0.15) is 5.82 Å². The minimum Gasteiger partial charge on any atom is -0.378 e. The summed E-state index contributed by atoms with van der Waals surface area (Å²) in [6.45, 7) is 4.71. The van der Waals surface area contributed by atoms with Crippen LogP contribution in [0, 0.1) is 5.82 Å².